The normalized spacial score (nSPS) is 11.3. The Hall–Kier alpha value is -3.14. The number of hydrogen-bond donors (Lipinski definition) is 0. The molecule has 1 heterocycles. The molecule has 126 valence electrons. The average Bonchev–Trinajstić information content (AvgIpc) is 2.65. The zero-order valence-electron chi connectivity index (χ0n) is 14.2. The number of hydrogen-bond acceptors (Lipinski definition) is 2. The summed E-state index contributed by atoms with van der Waals surface area (Å²) >= 11 is 0. The minimum Gasteiger partial charge on any atom is -0.365 e. The Morgan fingerprint density at radius 1 is 0.920 bits per heavy atom. The summed E-state index contributed by atoms with van der Waals surface area (Å²) < 4.78 is 1.98. The first-order valence-electron chi connectivity index (χ1n) is 8.25. The lowest BCUT2D eigenvalue weighted by atomic mass is 10.2. The second-order valence-electron chi connectivity index (χ2n) is 5.87. The highest BCUT2D eigenvalue weighted by Crippen LogP contribution is 2.10. The lowest BCUT2D eigenvalue weighted by Crippen LogP contribution is -2.28. The third-order valence-corrected chi connectivity index (χ3v) is 3.92. The van der Waals surface area contributed by atoms with Crippen molar-refractivity contribution in [2.75, 3.05) is 18.5 Å². The quantitative estimate of drug-likeness (QED) is 0.720. The molecule has 0 fully saturated rings. The van der Waals surface area contributed by atoms with E-state index in [0.717, 1.165) is 5.69 Å². The predicted octanol–water partition coefficient (Wildman–Crippen LogP) is 3.10. The summed E-state index contributed by atoms with van der Waals surface area (Å²) in [6, 6.07) is 25.7. The molecular weight excluding hydrogens is 310 g/mol. The summed E-state index contributed by atoms with van der Waals surface area (Å²) in [6.07, 6.45) is 1.94. The molecule has 0 saturated heterocycles. The lowest BCUT2D eigenvalue weighted by molar-refractivity contribution is -0.116. The molecule has 0 spiro atoms. The van der Waals surface area contributed by atoms with Crippen LogP contribution >= 0.6 is 0 Å². The number of rotatable bonds is 5. The molecule has 0 radical (unpaired) electrons. The Balaban J connectivity index is 1.78. The third kappa shape index (κ3) is 4.67. The van der Waals surface area contributed by atoms with Crippen molar-refractivity contribution in [3.8, 4) is 0 Å². The highest BCUT2D eigenvalue weighted by atomic mass is 16.1. The van der Waals surface area contributed by atoms with E-state index < -0.39 is 0 Å². The smallest absolute Gasteiger partial charge is 0.267 e. The number of anilines is 1. The molecule has 1 aromatic heterocycles. The highest BCUT2D eigenvalue weighted by molar-refractivity contribution is 5.82. The van der Waals surface area contributed by atoms with Gasteiger partial charge in [0.25, 0.3) is 5.91 Å². The van der Waals surface area contributed by atoms with Gasteiger partial charge in [0.1, 0.15) is 5.49 Å². The van der Waals surface area contributed by atoms with Crippen molar-refractivity contribution in [3.63, 3.8) is 0 Å². The van der Waals surface area contributed by atoms with E-state index in [4.69, 9.17) is 0 Å². The SMILES string of the molecule is CN(CC(=O)N=c1ccccn1Cc1ccccc1)c1ccccc1. The van der Waals surface area contributed by atoms with Crippen LogP contribution in [0, 0.1) is 0 Å². The second-order valence-corrected chi connectivity index (χ2v) is 5.87. The molecule has 0 aliphatic rings. The van der Waals surface area contributed by atoms with Crippen molar-refractivity contribution in [3.05, 3.63) is 96.1 Å². The highest BCUT2D eigenvalue weighted by Gasteiger charge is 2.06. The van der Waals surface area contributed by atoms with Crippen LogP contribution in [-0.4, -0.2) is 24.1 Å². The van der Waals surface area contributed by atoms with E-state index in [1.54, 1.807) is 0 Å². The fourth-order valence-electron chi connectivity index (χ4n) is 2.62. The van der Waals surface area contributed by atoms with Gasteiger partial charge in [-0.25, -0.2) is 0 Å². The molecule has 0 N–H and O–H groups in total. The second kappa shape index (κ2) is 8.11. The van der Waals surface area contributed by atoms with E-state index in [1.165, 1.54) is 5.56 Å². The lowest BCUT2D eigenvalue weighted by Gasteiger charge is -2.16. The van der Waals surface area contributed by atoms with Gasteiger partial charge in [0.2, 0.25) is 0 Å². The maximum atomic E-state index is 12.4. The molecule has 3 aromatic rings. The van der Waals surface area contributed by atoms with Gasteiger partial charge in [-0.15, -0.1) is 0 Å². The van der Waals surface area contributed by atoms with Crippen molar-refractivity contribution in [1.82, 2.24) is 4.57 Å². The first kappa shape index (κ1) is 16.7. The number of amides is 1. The maximum Gasteiger partial charge on any atom is 0.267 e. The number of likely N-dealkylation sites (N-methyl/N-ethyl adjacent to an activating group) is 1. The number of benzene rings is 2. The van der Waals surface area contributed by atoms with Gasteiger partial charge in [-0.05, 0) is 29.8 Å². The molecule has 25 heavy (non-hydrogen) atoms. The maximum absolute atomic E-state index is 12.4. The molecule has 0 unspecified atom stereocenters. The molecule has 1 amide bonds. The first-order chi connectivity index (χ1) is 12.2. The zero-order valence-corrected chi connectivity index (χ0v) is 14.2. The van der Waals surface area contributed by atoms with Crippen molar-refractivity contribution in [2.45, 2.75) is 6.54 Å². The van der Waals surface area contributed by atoms with E-state index in [2.05, 4.69) is 17.1 Å². The standard InChI is InChI=1S/C21H21N3O/c1-23(19-12-6-3-7-13-19)17-21(25)22-20-14-8-9-15-24(20)16-18-10-4-2-5-11-18/h2-15H,16-17H2,1H3. The molecule has 0 atom stereocenters. The summed E-state index contributed by atoms with van der Waals surface area (Å²) in [6.45, 7) is 0.923. The topological polar surface area (TPSA) is 37.6 Å². The molecule has 2 aromatic carbocycles. The van der Waals surface area contributed by atoms with Crippen LogP contribution < -0.4 is 10.4 Å². The van der Waals surface area contributed by atoms with Gasteiger partial charge in [0.15, 0.2) is 0 Å². The molecule has 4 nitrogen and oxygen atoms in total. The summed E-state index contributed by atoms with van der Waals surface area (Å²) in [4.78, 5) is 18.6. The minimum absolute atomic E-state index is 0.167. The third-order valence-electron chi connectivity index (χ3n) is 3.92. The van der Waals surface area contributed by atoms with Crippen LogP contribution in [0.25, 0.3) is 0 Å². The van der Waals surface area contributed by atoms with Crippen molar-refractivity contribution in [2.24, 2.45) is 4.99 Å². The Kier molecular flexibility index (Phi) is 5.42. The Morgan fingerprint density at radius 3 is 2.28 bits per heavy atom. The Morgan fingerprint density at radius 2 is 1.56 bits per heavy atom. The van der Waals surface area contributed by atoms with Crippen molar-refractivity contribution < 1.29 is 4.79 Å². The number of pyridine rings is 1. The summed E-state index contributed by atoms with van der Waals surface area (Å²) in [5.74, 6) is -0.167. The van der Waals surface area contributed by atoms with Crippen molar-refractivity contribution in [1.29, 1.82) is 0 Å². The van der Waals surface area contributed by atoms with Crippen LogP contribution in [0.15, 0.2) is 90.1 Å². The molecule has 0 aliphatic heterocycles. The number of aromatic nitrogens is 1. The van der Waals surface area contributed by atoms with Crippen LogP contribution in [0.3, 0.4) is 0 Å². The van der Waals surface area contributed by atoms with E-state index in [9.17, 15) is 4.79 Å². The Bertz CT molecular complexity index is 886. The fraction of sp³-hybridized carbons (Fsp3) is 0.143. The van der Waals surface area contributed by atoms with Crippen LogP contribution in [0.4, 0.5) is 5.69 Å². The van der Waals surface area contributed by atoms with Gasteiger partial charge in [0, 0.05) is 25.5 Å². The molecule has 0 bridgehead atoms. The van der Waals surface area contributed by atoms with Gasteiger partial charge in [-0.1, -0.05) is 54.6 Å². The van der Waals surface area contributed by atoms with Gasteiger partial charge < -0.3 is 9.47 Å². The van der Waals surface area contributed by atoms with Gasteiger partial charge in [-0.3, -0.25) is 4.79 Å². The monoisotopic (exact) mass is 331 g/mol. The van der Waals surface area contributed by atoms with Crippen LogP contribution in [0.1, 0.15) is 5.56 Å². The van der Waals surface area contributed by atoms with Crippen molar-refractivity contribution >= 4 is 11.6 Å². The number of para-hydroxylation sites is 1. The number of nitrogens with zero attached hydrogens (tertiary/aromatic N) is 3. The molecule has 0 saturated carbocycles. The molecular formula is C21H21N3O. The van der Waals surface area contributed by atoms with Gasteiger partial charge >= 0.3 is 0 Å². The van der Waals surface area contributed by atoms with Gasteiger partial charge in [-0.2, -0.15) is 4.99 Å². The van der Waals surface area contributed by atoms with Crippen LogP contribution in [0.5, 0.6) is 0 Å². The zero-order chi connectivity index (χ0) is 17.5. The van der Waals surface area contributed by atoms with E-state index >= 15 is 0 Å². The summed E-state index contributed by atoms with van der Waals surface area (Å²) in [5.41, 5.74) is 2.83. The fourth-order valence-corrected chi connectivity index (χ4v) is 2.62. The van der Waals surface area contributed by atoms with Crippen LogP contribution in [0.2, 0.25) is 0 Å². The van der Waals surface area contributed by atoms with Gasteiger partial charge in [0.05, 0.1) is 6.54 Å². The minimum atomic E-state index is -0.167. The summed E-state index contributed by atoms with van der Waals surface area (Å²) in [7, 11) is 1.89. The molecule has 0 aliphatic carbocycles. The first-order valence-corrected chi connectivity index (χ1v) is 8.25. The van der Waals surface area contributed by atoms with E-state index in [1.807, 2.05) is 89.4 Å². The number of carbonyl (C=O) groups excluding carboxylic acids is 1. The predicted molar refractivity (Wildman–Crippen MR) is 100 cm³/mol. The molecule has 4 heteroatoms. The average molecular weight is 331 g/mol. The largest absolute Gasteiger partial charge is 0.365 e. The molecule has 3 rings (SSSR count). The van der Waals surface area contributed by atoms with E-state index in [-0.39, 0.29) is 12.5 Å². The summed E-state index contributed by atoms with van der Waals surface area (Å²) in [5, 5.41) is 0. The van der Waals surface area contributed by atoms with E-state index in [0.29, 0.717) is 12.0 Å². The number of carbonyl (C=O) groups is 1. The Labute approximate surface area is 147 Å². The van der Waals surface area contributed by atoms with Crippen LogP contribution in [-0.2, 0) is 11.3 Å².